The third kappa shape index (κ3) is 1.77. The SMILES string of the molecule is O=C(O)c1ccn2c(-c3ccc(Cl)s3)ncc2c1. The van der Waals surface area contributed by atoms with Crippen molar-refractivity contribution in [3.8, 4) is 10.7 Å². The van der Waals surface area contributed by atoms with Gasteiger partial charge in [-0.3, -0.25) is 4.40 Å². The standard InChI is InChI=1S/C12H7ClN2O2S/c13-10-2-1-9(18-10)11-14-6-8-5-7(12(16)17)3-4-15(8)11/h1-6H,(H,16,17). The molecule has 0 saturated carbocycles. The third-order valence-electron chi connectivity index (χ3n) is 2.57. The Hall–Kier alpha value is -1.85. The number of carboxylic acid groups (broad SMARTS) is 1. The van der Waals surface area contributed by atoms with Gasteiger partial charge in [0.1, 0.15) is 0 Å². The van der Waals surface area contributed by atoms with Crippen LogP contribution in [0.3, 0.4) is 0 Å². The van der Waals surface area contributed by atoms with E-state index in [1.165, 1.54) is 11.3 Å². The fourth-order valence-corrected chi connectivity index (χ4v) is 2.79. The van der Waals surface area contributed by atoms with Gasteiger partial charge in [0.05, 0.1) is 26.5 Å². The van der Waals surface area contributed by atoms with E-state index in [0.717, 1.165) is 16.2 Å². The summed E-state index contributed by atoms with van der Waals surface area (Å²) in [7, 11) is 0. The molecule has 3 heterocycles. The van der Waals surface area contributed by atoms with E-state index in [4.69, 9.17) is 16.7 Å². The number of imidazole rings is 1. The van der Waals surface area contributed by atoms with Crippen molar-refractivity contribution in [1.29, 1.82) is 0 Å². The van der Waals surface area contributed by atoms with Crippen molar-refractivity contribution in [2.75, 3.05) is 0 Å². The van der Waals surface area contributed by atoms with Gasteiger partial charge in [-0.15, -0.1) is 11.3 Å². The van der Waals surface area contributed by atoms with Crippen LogP contribution in [-0.2, 0) is 0 Å². The molecule has 0 atom stereocenters. The minimum absolute atomic E-state index is 0.248. The van der Waals surface area contributed by atoms with E-state index >= 15 is 0 Å². The maximum Gasteiger partial charge on any atom is 0.335 e. The van der Waals surface area contributed by atoms with Gasteiger partial charge in [-0.05, 0) is 24.3 Å². The Morgan fingerprint density at radius 1 is 1.39 bits per heavy atom. The van der Waals surface area contributed by atoms with E-state index in [1.807, 2.05) is 16.5 Å². The Kier molecular flexibility index (Phi) is 2.57. The molecule has 0 aliphatic rings. The van der Waals surface area contributed by atoms with Gasteiger partial charge in [-0.25, -0.2) is 9.78 Å². The molecule has 0 aliphatic carbocycles. The van der Waals surface area contributed by atoms with Gasteiger partial charge in [0.25, 0.3) is 0 Å². The maximum atomic E-state index is 10.9. The molecule has 6 heteroatoms. The first-order valence-corrected chi connectivity index (χ1v) is 6.31. The lowest BCUT2D eigenvalue weighted by molar-refractivity contribution is 0.0697. The largest absolute Gasteiger partial charge is 0.478 e. The van der Waals surface area contributed by atoms with Crippen LogP contribution in [0.25, 0.3) is 16.2 Å². The van der Waals surface area contributed by atoms with Crippen LogP contribution in [0.5, 0.6) is 0 Å². The van der Waals surface area contributed by atoms with Crippen LogP contribution >= 0.6 is 22.9 Å². The van der Waals surface area contributed by atoms with Crippen LogP contribution < -0.4 is 0 Å². The normalized spacial score (nSPS) is 10.9. The number of thiophene rings is 1. The summed E-state index contributed by atoms with van der Waals surface area (Å²) >= 11 is 7.34. The highest BCUT2D eigenvalue weighted by molar-refractivity contribution is 7.19. The fourth-order valence-electron chi connectivity index (χ4n) is 1.75. The van der Waals surface area contributed by atoms with Crippen molar-refractivity contribution >= 4 is 34.4 Å². The minimum Gasteiger partial charge on any atom is -0.478 e. The Morgan fingerprint density at radius 3 is 2.89 bits per heavy atom. The number of aromatic nitrogens is 2. The lowest BCUT2D eigenvalue weighted by Crippen LogP contribution is -1.97. The molecule has 3 aromatic rings. The monoisotopic (exact) mass is 278 g/mol. The molecular weight excluding hydrogens is 272 g/mol. The van der Waals surface area contributed by atoms with Crippen LogP contribution in [0.2, 0.25) is 4.34 Å². The van der Waals surface area contributed by atoms with Crippen LogP contribution in [0.4, 0.5) is 0 Å². The Balaban J connectivity index is 2.18. The number of aromatic carboxylic acids is 1. The predicted octanol–water partition coefficient (Wildman–Crippen LogP) is 3.41. The number of pyridine rings is 1. The highest BCUT2D eigenvalue weighted by atomic mass is 35.5. The number of hydrogen-bond acceptors (Lipinski definition) is 3. The van der Waals surface area contributed by atoms with Gasteiger partial charge in [-0.2, -0.15) is 0 Å². The summed E-state index contributed by atoms with van der Waals surface area (Å²) in [6.45, 7) is 0. The number of hydrogen-bond donors (Lipinski definition) is 1. The summed E-state index contributed by atoms with van der Waals surface area (Å²) in [6.07, 6.45) is 3.35. The predicted molar refractivity (Wildman–Crippen MR) is 70.5 cm³/mol. The van der Waals surface area contributed by atoms with Gasteiger partial charge in [-0.1, -0.05) is 11.6 Å². The summed E-state index contributed by atoms with van der Waals surface area (Å²) in [5.74, 6) is -0.182. The number of nitrogens with zero attached hydrogens (tertiary/aromatic N) is 2. The lowest BCUT2D eigenvalue weighted by atomic mass is 10.2. The van der Waals surface area contributed by atoms with E-state index < -0.39 is 5.97 Å². The van der Waals surface area contributed by atoms with E-state index in [9.17, 15) is 4.79 Å². The van der Waals surface area contributed by atoms with Crippen molar-refractivity contribution < 1.29 is 9.90 Å². The summed E-state index contributed by atoms with van der Waals surface area (Å²) in [5.41, 5.74) is 0.993. The zero-order chi connectivity index (χ0) is 12.7. The van der Waals surface area contributed by atoms with E-state index in [-0.39, 0.29) is 5.56 Å². The first kappa shape index (κ1) is 11.3. The van der Waals surface area contributed by atoms with E-state index in [1.54, 1.807) is 24.5 Å². The molecule has 18 heavy (non-hydrogen) atoms. The van der Waals surface area contributed by atoms with Crippen molar-refractivity contribution in [1.82, 2.24) is 9.38 Å². The van der Waals surface area contributed by atoms with Crippen LogP contribution in [0, 0.1) is 0 Å². The second-order valence-electron chi connectivity index (χ2n) is 3.70. The topological polar surface area (TPSA) is 54.6 Å². The zero-order valence-electron chi connectivity index (χ0n) is 9.00. The first-order valence-electron chi connectivity index (χ1n) is 5.11. The molecule has 0 saturated heterocycles. The first-order chi connectivity index (χ1) is 8.65. The lowest BCUT2D eigenvalue weighted by Gasteiger charge is -1.99. The number of fused-ring (bicyclic) bond motifs is 1. The molecule has 0 radical (unpaired) electrons. The highest BCUT2D eigenvalue weighted by Crippen LogP contribution is 2.30. The molecule has 1 N–H and O–H groups in total. The molecule has 0 amide bonds. The molecule has 0 aliphatic heterocycles. The van der Waals surface area contributed by atoms with Crippen LogP contribution in [0.1, 0.15) is 10.4 Å². The van der Waals surface area contributed by atoms with Gasteiger partial charge < -0.3 is 5.11 Å². The molecule has 0 unspecified atom stereocenters. The van der Waals surface area contributed by atoms with Gasteiger partial charge in [0.2, 0.25) is 0 Å². The van der Waals surface area contributed by atoms with Crippen molar-refractivity contribution in [2.45, 2.75) is 0 Å². The molecule has 0 spiro atoms. The third-order valence-corrected chi connectivity index (χ3v) is 3.80. The van der Waals surface area contributed by atoms with Crippen LogP contribution in [-0.4, -0.2) is 20.5 Å². The van der Waals surface area contributed by atoms with Gasteiger partial charge in [0, 0.05) is 6.20 Å². The second-order valence-corrected chi connectivity index (χ2v) is 5.42. The van der Waals surface area contributed by atoms with Gasteiger partial charge >= 0.3 is 5.97 Å². The molecule has 3 aromatic heterocycles. The summed E-state index contributed by atoms with van der Waals surface area (Å²) in [4.78, 5) is 16.1. The Labute approximate surface area is 111 Å². The Morgan fingerprint density at radius 2 is 2.22 bits per heavy atom. The summed E-state index contributed by atoms with van der Waals surface area (Å²) in [6, 6.07) is 6.85. The summed E-state index contributed by atoms with van der Waals surface area (Å²) in [5, 5.41) is 8.93. The van der Waals surface area contributed by atoms with Gasteiger partial charge in [0.15, 0.2) is 5.82 Å². The smallest absolute Gasteiger partial charge is 0.335 e. The average Bonchev–Trinajstić information content (AvgIpc) is 2.93. The molecular formula is C12H7ClN2O2S. The highest BCUT2D eigenvalue weighted by Gasteiger charge is 2.10. The minimum atomic E-state index is -0.945. The number of carbonyl (C=O) groups is 1. The fraction of sp³-hybridized carbons (Fsp3) is 0. The molecule has 0 bridgehead atoms. The number of carboxylic acids is 1. The average molecular weight is 279 g/mol. The van der Waals surface area contributed by atoms with Crippen molar-refractivity contribution in [3.05, 3.63) is 46.6 Å². The number of rotatable bonds is 2. The zero-order valence-corrected chi connectivity index (χ0v) is 10.6. The second kappa shape index (κ2) is 4.12. The van der Waals surface area contributed by atoms with Crippen molar-refractivity contribution in [3.63, 3.8) is 0 Å². The maximum absolute atomic E-state index is 10.9. The van der Waals surface area contributed by atoms with E-state index in [2.05, 4.69) is 4.98 Å². The van der Waals surface area contributed by atoms with Crippen molar-refractivity contribution in [2.24, 2.45) is 0 Å². The quantitative estimate of drug-likeness (QED) is 0.781. The summed E-state index contributed by atoms with van der Waals surface area (Å²) < 4.78 is 2.54. The molecule has 0 fully saturated rings. The molecule has 3 rings (SSSR count). The van der Waals surface area contributed by atoms with Crippen LogP contribution in [0.15, 0.2) is 36.7 Å². The van der Waals surface area contributed by atoms with E-state index in [0.29, 0.717) is 4.34 Å². The molecule has 4 nitrogen and oxygen atoms in total. The molecule has 90 valence electrons. The molecule has 0 aromatic carbocycles. The Bertz CT molecular complexity index is 747. The number of halogens is 1.